The minimum atomic E-state index is 0.213. The molecule has 1 heterocycles. The van der Waals surface area contributed by atoms with Gasteiger partial charge in [0.25, 0.3) is 0 Å². The highest BCUT2D eigenvalue weighted by atomic mass is 15.2. The van der Waals surface area contributed by atoms with Crippen molar-refractivity contribution in [3.63, 3.8) is 0 Å². The SMILES string of the molecule is CN1CCC(C(N)CCCCCN)C(C)(C)C1(C)C. The maximum Gasteiger partial charge on any atom is 0.0204 e. The number of piperidine rings is 1. The molecular weight excluding hydrogens is 234 g/mol. The normalized spacial score (nSPS) is 28.3. The van der Waals surface area contributed by atoms with Crippen LogP contribution >= 0.6 is 0 Å². The summed E-state index contributed by atoms with van der Waals surface area (Å²) in [6.45, 7) is 11.5. The Bertz CT molecular complexity index is 273. The number of nitrogens with two attached hydrogens (primary N) is 2. The summed E-state index contributed by atoms with van der Waals surface area (Å²) >= 11 is 0. The average molecular weight is 269 g/mol. The molecule has 0 bridgehead atoms. The molecule has 3 heteroatoms. The van der Waals surface area contributed by atoms with Crippen LogP contribution in [0.1, 0.15) is 59.8 Å². The maximum atomic E-state index is 6.52. The largest absolute Gasteiger partial charge is 0.330 e. The van der Waals surface area contributed by atoms with E-state index < -0.39 is 0 Å². The summed E-state index contributed by atoms with van der Waals surface area (Å²) in [6, 6.07) is 0.334. The highest BCUT2D eigenvalue weighted by molar-refractivity contribution is 5.04. The van der Waals surface area contributed by atoms with Crippen LogP contribution in [0.5, 0.6) is 0 Å². The van der Waals surface area contributed by atoms with Gasteiger partial charge in [-0.05, 0) is 64.6 Å². The number of rotatable bonds is 6. The molecular formula is C16H35N3. The number of hydrogen-bond donors (Lipinski definition) is 2. The second-order valence-electron chi connectivity index (χ2n) is 7.40. The fourth-order valence-electron chi connectivity index (χ4n) is 3.57. The summed E-state index contributed by atoms with van der Waals surface area (Å²) in [6.07, 6.45) is 5.95. The Morgan fingerprint density at radius 3 is 2.37 bits per heavy atom. The predicted octanol–water partition coefficient (Wildman–Crippen LogP) is 2.59. The molecule has 2 atom stereocenters. The Hall–Kier alpha value is -0.120. The Balaban J connectivity index is 2.61. The molecule has 0 amide bonds. The lowest BCUT2D eigenvalue weighted by atomic mass is 9.59. The average Bonchev–Trinajstić information content (AvgIpc) is 2.32. The van der Waals surface area contributed by atoms with Crippen molar-refractivity contribution in [1.82, 2.24) is 4.90 Å². The minimum Gasteiger partial charge on any atom is -0.330 e. The van der Waals surface area contributed by atoms with E-state index in [9.17, 15) is 0 Å². The van der Waals surface area contributed by atoms with Crippen LogP contribution in [0.4, 0.5) is 0 Å². The lowest BCUT2D eigenvalue weighted by molar-refractivity contribution is -0.0666. The predicted molar refractivity (Wildman–Crippen MR) is 84.1 cm³/mol. The van der Waals surface area contributed by atoms with Gasteiger partial charge in [-0.25, -0.2) is 0 Å². The van der Waals surface area contributed by atoms with E-state index in [-0.39, 0.29) is 11.0 Å². The fourth-order valence-corrected chi connectivity index (χ4v) is 3.57. The zero-order valence-corrected chi connectivity index (χ0v) is 13.7. The third-order valence-corrected chi connectivity index (χ3v) is 5.99. The van der Waals surface area contributed by atoms with Gasteiger partial charge in [0.15, 0.2) is 0 Å². The first-order chi connectivity index (χ1) is 8.75. The Morgan fingerprint density at radius 1 is 1.16 bits per heavy atom. The first kappa shape index (κ1) is 16.9. The van der Waals surface area contributed by atoms with E-state index in [1.807, 2.05) is 0 Å². The first-order valence-electron chi connectivity index (χ1n) is 7.92. The molecule has 19 heavy (non-hydrogen) atoms. The standard InChI is InChI=1S/C16H35N3/c1-15(2)13(10-12-19(5)16(15,3)4)14(18)9-7-6-8-11-17/h13-14H,6-12,17-18H2,1-5H3. The van der Waals surface area contributed by atoms with Crippen LogP contribution < -0.4 is 11.5 Å². The van der Waals surface area contributed by atoms with E-state index in [1.54, 1.807) is 0 Å². The summed E-state index contributed by atoms with van der Waals surface area (Å²) in [5, 5.41) is 0. The van der Waals surface area contributed by atoms with E-state index in [0.29, 0.717) is 12.0 Å². The van der Waals surface area contributed by atoms with E-state index >= 15 is 0 Å². The van der Waals surface area contributed by atoms with E-state index in [0.717, 1.165) is 25.9 Å². The van der Waals surface area contributed by atoms with Gasteiger partial charge in [-0.1, -0.05) is 26.7 Å². The van der Waals surface area contributed by atoms with Crippen molar-refractivity contribution in [1.29, 1.82) is 0 Å². The molecule has 1 aliphatic rings. The third kappa shape index (κ3) is 3.50. The minimum absolute atomic E-state index is 0.213. The molecule has 4 N–H and O–H groups in total. The molecule has 1 fully saturated rings. The number of hydrogen-bond acceptors (Lipinski definition) is 3. The molecule has 0 aromatic heterocycles. The monoisotopic (exact) mass is 269 g/mol. The van der Waals surface area contributed by atoms with Crippen molar-refractivity contribution < 1.29 is 0 Å². The van der Waals surface area contributed by atoms with E-state index in [4.69, 9.17) is 11.5 Å². The van der Waals surface area contributed by atoms with Crippen LogP contribution in [0.25, 0.3) is 0 Å². The van der Waals surface area contributed by atoms with Crippen LogP contribution in [0.2, 0.25) is 0 Å². The van der Waals surface area contributed by atoms with Crippen LogP contribution in [-0.4, -0.2) is 36.6 Å². The molecule has 0 aromatic rings. The molecule has 1 aliphatic heterocycles. The highest BCUT2D eigenvalue weighted by Gasteiger charge is 2.50. The van der Waals surface area contributed by atoms with Crippen LogP contribution in [-0.2, 0) is 0 Å². The van der Waals surface area contributed by atoms with Gasteiger partial charge >= 0.3 is 0 Å². The molecule has 0 radical (unpaired) electrons. The topological polar surface area (TPSA) is 55.3 Å². The molecule has 3 nitrogen and oxygen atoms in total. The summed E-state index contributed by atoms with van der Waals surface area (Å²) < 4.78 is 0. The zero-order chi connectivity index (χ0) is 14.7. The van der Waals surface area contributed by atoms with E-state index in [1.165, 1.54) is 19.3 Å². The Morgan fingerprint density at radius 2 is 1.79 bits per heavy atom. The number of likely N-dealkylation sites (tertiary alicyclic amines) is 1. The summed E-state index contributed by atoms with van der Waals surface area (Å²) in [4.78, 5) is 2.49. The van der Waals surface area contributed by atoms with Gasteiger partial charge in [-0.15, -0.1) is 0 Å². The van der Waals surface area contributed by atoms with Crippen LogP contribution in [0, 0.1) is 11.3 Å². The highest BCUT2D eigenvalue weighted by Crippen LogP contribution is 2.48. The van der Waals surface area contributed by atoms with Gasteiger partial charge in [0.1, 0.15) is 0 Å². The Labute approximate surface area is 120 Å². The molecule has 1 rings (SSSR count). The summed E-state index contributed by atoms with van der Waals surface area (Å²) in [7, 11) is 2.24. The fraction of sp³-hybridized carbons (Fsp3) is 1.00. The molecule has 114 valence electrons. The van der Waals surface area contributed by atoms with Crippen molar-refractivity contribution in [3.8, 4) is 0 Å². The molecule has 0 aromatic carbocycles. The number of nitrogens with zero attached hydrogens (tertiary/aromatic N) is 1. The molecule has 1 saturated heterocycles. The van der Waals surface area contributed by atoms with Crippen molar-refractivity contribution in [2.24, 2.45) is 22.8 Å². The van der Waals surface area contributed by atoms with Crippen molar-refractivity contribution >= 4 is 0 Å². The van der Waals surface area contributed by atoms with Gasteiger partial charge in [-0.2, -0.15) is 0 Å². The quantitative estimate of drug-likeness (QED) is 0.729. The smallest absolute Gasteiger partial charge is 0.0204 e. The molecule has 0 saturated carbocycles. The molecule has 0 spiro atoms. The van der Waals surface area contributed by atoms with Crippen LogP contribution in [0.3, 0.4) is 0 Å². The van der Waals surface area contributed by atoms with E-state index in [2.05, 4.69) is 39.6 Å². The number of unbranched alkanes of at least 4 members (excludes halogenated alkanes) is 2. The van der Waals surface area contributed by atoms with Gasteiger partial charge < -0.3 is 16.4 Å². The summed E-state index contributed by atoms with van der Waals surface area (Å²) in [5.74, 6) is 0.622. The third-order valence-electron chi connectivity index (χ3n) is 5.99. The van der Waals surface area contributed by atoms with Crippen molar-refractivity contribution in [2.45, 2.75) is 71.4 Å². The first-order valence-corrected chi connectivity index (χ1v) is 7.92. The second-order valence-corrected chi connectivity index (χ2v) is 7.40. The van der Waals surface area contributed by atoms with Gasteiger partial charge in [0, 0.05) is 11.6 Å². The summed E-state index contributed by atoms with van der Waals surface area (Å²) in [5.41, 5.74) is 12.5. The van der Waals surface area contributed by atoms with Gasteiger partial charge in [-0.3, -0.25) is 0 Å². The van der Waals surface area contributed by atoms with Gasteiger partial charge in [0.2, 0.25) is 0 Å². The zero-order valence-electron chi connectivity index (χ0n) is 13.7. The lowest BCUT2D eigenvalue weighted by Gasteiger charge is -2.57. The second kappa shape index (κ2) is 6.55. The molecule has 0 aliphatic carbocycles. The maximum absolute atomic E-state index is 6.52. The Kier molecular flexibility index (Phi) is 5.84. The lowest BCUT2D eigenvalue weighted by Crippen LogP contribution is -2.62. The van der Waals surface area contributed by atoms with Crippen LogP contribution in [0.15, 0.2) is 0 Å². The van der Waals surface area contributed by atoms with Gasteiger partial charge in [0.05, 0.1) is 0 Å². The molecule has 2 unspecified atom stereocenters. The van der Waals surface area contributed by atoms with Crippen molar-refractivity contribution in [2.75, 3.05) is 20.1 Å². The van der Waals surface area contributed by atoms with Crippen molar-refractivity contribution in [3.05, 3.63) is 0 Å².